The summed E-state index contributed by atoms with van der Waals surface area (Å²) in [7, 11) is -1.19. The zero-order valence-electron chi connectivity index (χ0n) is 29.0. The van der Waals surface area contributed by atoms with Crippen LogP contribution < -0.4 is 5.32 Å². The highest BCUT2D eigenvalue weighted by molar-refractivity contribution is 7.20. The number of halogens is 2. The Bertz CT molecular complexity index is 2070. The number of nitrogens with one attached hydrogen (secondary N) is 1. The van der Waals surface area contributed by atoms with Crippen LogP contribution in [-0.4, -0.2) is 77.1 Å². The lowest BCUT2D eigenvalue weighted by Gasteiger charge is -2.31. The van der Waals surface area contributed by atoms with Gasteiger partial charge in [0.1, 0.15) is 24.3 Å². The molecular formula is C38H36F2N3O8PS. The van der Waals surface area contributed by atoms with Gasteiger partial charge in [0, 0.05) is 17.2 Å². The first-order valence-electron chi connectivity index (χ1n) is 17.1. The quantitative estimate of drug-likeness (QED) is 0.147. The lowest BCUT2D eigenvalue weighted by molar-refractivity contribution is -0.178. The molecule has 53 heavy (non-hydrogen) atoms. The third-order valence-corrected chi connectivity index (χ3v) is 11.1. The molecule has 1 N–H and O–H groups in total. The first kappa shape index (κ1) is 36.6. The minimum Gasteiger partial charge on any atom is -0.458 e. The monoisotopic (exact) mass is 763 g/mol. The van der Waals surface area contributed by atoms with Crippen molar-refractivity contribution in [3.8, 4) is 11.1 Å². The lowest BCUT2D eigenvalue weighted by atomic mass is 9.98. The van der Waals surface area contributed by atoms with Gasteiger partial charge in [0.15, 0.2) is 0 Å². The van der Waals surface area contributed by atoms with Crippen molar-refractivity contribution in [1.29, 1.82) is 0 Å². The van der Waals surface area contributed by atoms with Crippen molar-refractivity contribution in [3.63, 3.8) is 0 Å². The predicted molar refractivity (Wildman–Crippen MR) is 192 cm³/mol. The Hall–Kier alpha value is -4.78. The molecule has 0 radical (unpaired) electrons. The molecule has 4 aromatic rings. The van der Waals surface area contributed by atoms with Crippen molar-refractivity contribution < 1.29 is 46.5 Å². The maximum atomic E-state index is 14.3. The zero-order valence-corrected chi connectivity index (χ0v) is 30.8. The second kappa shape index (κ2) is 14.2. The summed E-state index contributed by atoms with van der Waals surface area (Å²) in [5.41, 5.74) is 2.86. The highest BCUT2D eigenvalue weighted by atomic mass is 32.1. The van der Waals surface area contributed by atoms with Crippen LogP contribution in [0.1, 0.15) is 65.9 Å². The number of hydrogen-bond donors (Lipinski definition) is 1. The number of carbonyl (C=O) groups is 4. The number of esters is 1. The van der Waals surface area contributed by atoms with Gasteiger partial charge in [0.25, 0.3) is 5.91 Å². The Morgan fingerprint density at radius 2 is 1.62 bits per heavy atom. The molecule has 0 spiro atoms. The SMILES string of the molecule is CC(C)(C)OC(=O)[C@@H]1CC[C@@H]2CN(C(=O)OCC3c4ccccc4-c4ccccc43)C[C@H](NC(=O)c3cc4cc(C(F)(F)OP=O)ccc4s3)C(=O)N21. The number of thiophene rings is 1. The molecule has 11 nitrogen and oxygen atoms in total. The van der Waals surface area contributed by atoms with Gasteiger partial charge >= 0.3 is 26.9 Å². The molecule has 7 rings (SSSR count). The lowest BCUT2D eigenvalue weighted by Crippen LogP contribution is -2.55. The molecule has 1 aromatic heterocycles. The summed E-state index contributed by atoms with van der Waals surface area (Å²) in [6.07, 6.45) is -3.77. The van der Waals surface area contributed by atoms with Crippen molar-refractivity contribution >= 4 is 54.0 Å². The summed E-state index contributed by atoms with van der Waals surface area (Å²) < 4.78 is 55.4. The molecule has 3 aromatic carbocycles. The van der Waals surface area contributed by atoms with Crippen LogP contribution in [0.2, 0.25) is 0 Å². The number of benzene rings is 3. The Kier molecular flexibility index (Phi) is 9.81. The highest BCUT2D eigenvalue weighted by Crippen LogP contribution is 2.45. The average Bonchev–Trinajstić information content (AvgIpc) is 3.80. The number of hydrogen-bond acceptors (Lipinski definition) is 9. The first-order chi connectivity index (χ1) is 25.2. The van der Waals surface area contributed by atoms with Gasteiger partial charge in [-0.05, 0) is 85.5 Å². The fourth-order valence-electron chi connectivity index (χ4n) is 7.41. The van der Waals surface area contributed by atoms with Gasteiger partial charge in [-0.15, -0.1) is 11.3 Å². The van der Waals surface area contributed by atoms with Gasteiger partial charge < -0.3 is 24.6 Å². The fraction of sp³-hybridized carbons (Fsp3) is 0.368. The highest BCUT2D eigenvalue weighted by Gasteiger charge is 2.49. The van der Waals surface area contributed by atoms with E-state index in [1.54, 1.807) is 20.8 Å². The zero-order chi connectivity index (χ0) is 37.7. The molecule has 2 fully saturated rings. The number of alkyl halides is 2. The van der Waals surface area contributed by atoms with Crippen molar-refractivity contribution in [1.82, 2.24) is 15.1 Å². The molecule has 3 heterocycles. The van der Waals surface area contributed by atoms with Gasteiger partial charge in [0.05, 0.1) is 23.0 Å². The topological polar surface area (TPSA) is 132 Å². The van der Waals surface area contributed by atoms with E-state index in [1.165, 1.54) is 21.9 Å². The van der Waals surface area contributed by atoms with Crippen molar-refractivity contribution in [2.24, 2.45) is 0 Å². The van der Waals surface area contributed by atoms with E-state index in [0.717, 1.165) is 45.7 Å². The van der Waals surface area contributed by atoms with Gasteiger partial charge in [-0.25, -0.2) is 18.7 Å². The van der Waals surface area contributed by atoms with Crippen LogP contribution in [0.4, 0.5) is 13.6 Å². The third kappa shape index (κ3) is 7.27. The van der Waals surface area contributed by atoms with E-state index >= 15 is 0 Å². The van der Waals surface area contributed by atoms with Crippen molar-refractivity contribution in [2.75, 3.05) is 19.7 Å². The number of nitrogens with zero attached hydrogens (tertiary/aromatic N) is 2. The van der Waals surface area contributed by atoms with Crippen LogP contribution in [0.25, 0.3) is 21.2 Å². The maximum Gasteiger partial charge on any atom is 0.409 e. The Morgan fingerprint density at radius 3 is 2.28 bits per heavy atom. The second-order valence-electron chi connectivity index (χ2n) is 14.3. The molecule has 3 aliphatic rings. The van der Waals surface area contributed by atoms with Gasteiger partial charge in [-0.2, -0.15) is 8.78 Å². The Balaban J connectivity index is 1.14. The Labute approximate surface area is 309 Å². The van der Waals surface area contributed by atoms with Crippen LogP contribution >= 0.6 is 20.0 Å². The Morgan fingerprint density at radius 1 is 0.943 bits per heavy atom. The molecule has 0 bridgehead atoms. The summed E-state index contributed by atoms with van der Waals surface area (Å²) in [6, 6.07) is 18.2. The van der Waals surface area contributed by atoms with Gasteiger partial charge in [0.2, 0.25) is 5.91 Å². The molecule has 0 saturated carbocycles. The number of amides is 3. The fourth-order valence-corrected chi connectivity index (χ4v) is 8.56. The predicted octanol–water partition coefficient (Wildman–Crippen LogP) is 7.24. The normalized spacial score (nSPS) is 20.2. The third-order valence-electron chi connectivity index (χ3n) is 9.70. The summed E-state index contributed by atoms with van der Waals surface area (Å²) in [5.74, 6) is -2.01. The van der Waals surface area contributed by atoms with Gasteiger partial charge in [-0.1, -0.05) is 48.5 Å². The number of fused-ring (bicyclic) bond motifs is 5. The minimum absolute atomic E-state index is 0.0471. The van der Waals surface area contributed by atoms with Crippen molar-refractivity contribution in [3.05, 3.63) is 94.4 Å². The van der Waals surface area contributed by atoms with Crippen LogP contribution in [-0.2, 0) is 34.3 Å². The first-order valence-corrected chi connectivity index (χ1v) is 18.7. The largest absolute Gasteiger partial charge is 0.458 e. The number of rotatable bonds is 8. The molecular weight excluding hydrogens is 727 g/mol. The van der Waals surface area contributed by atoms with Crippen molar-refractivity contribution in [2.45, 2.75) is 69.4 Å². The van der Waals surface area contributed by atoms with Crippen LogP contribution in [0.15, 0.2) is 72.8 Å². The molecule has 15 heteroatoms. The number of ether oxygens (including phenoxy) is 2. The van der Waals surface area contributed by atoms with E-state index in [-0.39, 0.29) is 30.5 Å². The molecule has 276 valence electrons. The smallest absolute Gasteiger partial charge is 0.409 e. The summed E-state index contributed by atoms with van der Waals surface area (Å²) in [5, 5.41) is 3.05. The van der Waals surface area contributed by atoms with E-state index in [0.29, 0.717) is 22.9 Å². The van der Waals surface area contributed by atoms with E-state index < -0.39 is 68.0 Å². The van der Waals surface area contributed by atoms with Gasteiger partial charge in [-0.3, -0.25) is 9.59 Å². The minimum atomic E-state index is -3.83. The summed E-state index contributed by atoms with van der Waals surface area (Å²) in [6.45, 7) is 5.08. The molecule has 0 unspecified atom stereocenters. The molecule has 3 atom stereocenters. The van der Waals surface area contributed by atoms with Crippen LogP contribution in [0.5, 0.6) is 0 Å². The van der Waals surface area contributed by atoms with Crippen LogP contribution in [0, 0.1) is 0 Å². The summed E-state index contributed by atoms with van der Waals surface area (Å²) in [4.78, 5) is 58.2. The van der Waals surface area contributed by atoms with E-state index in [2.05, 4.69) is 9.84 Å². The molecule has 2 saturated heterocycles. The molecule has 3 amide bonds. The summed E-state index contributed by atoms with van der Waals surface area (Å²) >= 11 is 1.02. The molecule has 1 aliphatic carbocycles. The number of carbonyl (C=O) groups excluding carboxylic acids is 4. The van der Waals surface area contributed by atoms with E-state index in [1.807, 2.05) is 48.5 Å². The van der Waals surface area contributed by atoms with Crippen LogP contribution in [0.3, 0.4) is 0 Å². The molecule has 2 aliphatic heterocycles. The van der Waals surface area contributed by atoms with E-state index in [9.17, 15) is 32.5 Å². The van der Waals surface area contributed by atoms with E-state index in [4.69, 9.17) is 9.47 Å². The maximum absolute atomic E-state index is 14.3. The average molecular weight is 764 g/mol. The second-order valence-corrected chi connectivity index (χ2v) is 15.7. The standard InChI is InChI=1S/C38H36F2N3O8PS/c1-37(2,3)50-35(46)30-14-13-23-18-42(36(47)49-20-28-26-10-6-4-8-24(26)25-9-5-7-11-27(25)28)19-29(34(45)43(23)30)41-33(44)32-17-21-16-22(12-15-31(21)53-32)38(39,40)51-52-48/h4-12,15-17,23,28-30H,13-14,18-20H2,1-3H3,(H,41,44)/t23-,29+,30+/m1/s1.